The minimum Gasteiger partial charge on any atom is -0.493 e. The molecule has 0 spiro atoms. The van der Waals surface area contributed by atoms with E-state index in [9.17, 15) is 24.0 Å². The molecular weight excluding hydrogens is 759 g/mol. The van der Waals surface area contributed by atoms with Crippen molar-refractivity contribution in [2.75, 3.05) is 41.5 Å². The second-order valence-corrected chi connectivity index (χ2v) is 16.0. The SMILES string of the molecule is CCCCCCCC(CCC)OC(=O)CC(C)(CC(=O)OC(CCC)CCCCCCC)OC(=O)CCC(=O)Oc1c(OC)cc(C(=O)OCCCN(C)C)cc1OC. The van der Waals surface area contributed by atoms with Crippen molar-refractivity contribution in [1.29, 1.82) is 0 Å². The van der Waals surface area contributed by atoms with Gasteiger partial charge in [-0.1, -0.05) is 91.9 Å². The highest BCUT2D eigenvalue weighted by molar-refractivity contribution is 5.91. The highest BCUT2D eigenvalue weighted by Gasteiger charge is 2.37. The third-order valence-electron chi connectivity index (χ3n) is 9.90. The Bertz CT molecular complexity index is 1310. The summed E-state index contributed by atoms with van der Waals surface area (Å²) in [5.41, 5.74) is -1.45. The minimum atomic E-state index is -1.59. The summed E-state index contributed by atoms with van der Waals surface area (Å²) >= 11 is 0. The molecule has 1 rings (SSSR count). The molecule has 338 valence electrons. The van der Waals surface area contributed by atoms with Crippen LogP contribution >= 0.6 is 0 Å². The summed E-state index contributed by atoms with van der Waals surface area (Å²) in [5, 5.41) is 0. The molecule has 0 amide bonds. The molecule has 0 fully saturated rings. The van der Waals surface area contributed by atoms with Crippen molar-refractivity contribution >= 4 is 29.8 Å². The predicted octanol–water partition coefficient (Wildman–Crippen LogP) is 9.72. The Morgan fingerprint density at radius 3 is 1.53 bits per heavy atom. The Hall–Kier alpha value is -3.87. The van der Waals surface area contributed by atoms with E-state index in [0.29, 0.717) is 19.3 Å². The van der Waals surface area contributed by atoms with Crippen LogP contribution in [-0.2, 0) is 38.1 Å². The molecule has 0 saturated heterocycles. The van der Waals surface area contributed by atoms with Crippen LogP contribution in [0.2, 0.25) is 0 Å². The first-order valence-corrected chi connectivity index (χ1v) is 22.1. The number of rotatable bonds is 34. The number of ether oxygens (including phenoxy) is 7. The maximum absolute atomic E-state index is 13.4. The molecule has 1 aromatic carbocycles. The first-order valence-electron chi connectivity index (χ1n) is 22.1. The van der Waals surface area contributed by atoms with Gasteiger partial charge in [-0.3, -0.25) is 19.2 Å². The van der Waals surface area contributed by atoms with Gasteiger partial charge in [-0.25, -0.2) is 4.79 Å². The van der Waals surface area contributed by atoms with Crippen molar-refractivity contribution in [3.05, 3.63) is 17.7 Å². The van der Waals surface area contributed by atoms with Gasteiger partial charge in [0.25, 0.3) is 0 Å². The molecule has 13 heteroatoms. The number of benzene rings is 1. The van der Waals surface area contributed by atoms with Crippen LogP contribution in [0.1, 0.15) is 180 Å². The summed E-state index contributed by atoms with van der Waals surface area (Å²) in [6.07, 6.45) is 14.0. The lowest BCUT2D eigenvalue weighted by atomic mass is 9.97. The van der Waals surface area contributed by atoms with Gasteiger partial charge in [0.05, 0.1) is 52.1 Å². The molecule has 0 aliphatic carbocycles. The number of esters is 5. The highest BCUT2D eigenvalue weighted by Crippen LogP contribution is 2.39. The van der Waals surface area contributed by atoms with Crippen LogP contribution in [0.3, 0.4) is 0 Å². The average Bonchev–Trinajstić information content (AvgIpc) is 3.18. The van der Waals surface area contributed by atoms with Crippen molar-refractivity contribution < 1.29 is 57.1 Å². The number of methoxy groups -OCH3 is 2. The fraction of sp³-hybridized carbons (Fsp3) is 0.761. The molecule has 59 heavy (non-hydrogen) atoms. The van der Waals surface area contributed by atoms with Gasteiger partial charge in [0, 0.05) is 6.54 Å². The van der Waals surface area contributed by atoms with E-state index in [2.05, 4.69) is 13.8 Å². The third kappa shape index (κ3) is 23.5. The molecule has 0 aliphatic rings. The van der Waals surface area contributed by atoms with Gasteiger partial charge in [-0.15, -0.1) is 0 Å². The Kier molecular flexibility index (Phi) is 28.0. The van der Waals surface area contributed by atoms with Crippen LogP contribution in [0, 0.1) is 0 Å². The number of hydrogen-bond donors (Lipinski definition) is 0. The maximum Gasteiger partial charge on any atom is 0.338 e. The van der Waals surface area contributed by atoms with Gasteiger partial charge >= 0.3 is 29.8 Å². The lowest BCUT2D eigenvalue weighted by Crippen LogP contribution is -2.39. The highest BCUT2D eigenvalue weighted by atomic mass is 16.6. The fourth-order valence-electron chi connectivity index (χ4n) is 6.74. The van der Waals surface area contributed by atoms with E-state index >= 15 is 0 Å². The summed E-state index contributed by atoms with van der Waals surface area (Å²) < 4.78 is 39.4. The first-order chi connectivity index (χ1) is 28.2. The summed E-state index contributed by atoms with van der Waals surface area (Å²) in [4.78, 5) is 68.1. The molecule has 0 aromatic heterocycles. The Morgan fingerprint density at radius 1 is 0.610 bits per heavy atom. The van der Waals surface area contributed by atoms with E-state index in [-0.39, 0.29) is 54.5 Å². The Balaban J connectivity index is 3.10. The van der Waals surface area contributed by atoms with Crippen LogP contribution < -0.4 is 14.2 Å². The van der Waals surface area contributed by atoms with Crippen molar-refractivity contribution in [3.8, 4) is 17.2 Å². The lowest BCUT2D eigenvalue weighted by molar-refractivity contribution is -0.174. The van der Waals surface area contributed by atoms with Crippen LogP contribution in [0.15, 0.2) is 12.1 Å². The summed E-state index contributed by atoms with van der Waals surface area (Å²) in [6, 6.07) is 2.76. The van der Waals surface area contributed by atoms with Crippen LogP contribution in [-0.4, -0.2) is 94.0 Å². The lowest BCUT2D eigenvalue weighted by Gasteiger charge is -2.30. The average molecular weight is 836 g/mol. The molecule has 0 N–H and O–H groups in total. The topological polar surface area (TPSA) is 153 Å². The smallest absolute Gasteiger partial charge is 0.338 e. The normalized spacial score (nSPS) is 13.2. The predicted molar refractivity (Wildman–Crippen MR) is 228 cm³/mol. The molecule has 0 bridgehead atoms. The minimum absolute atomic E-state index is 0.0507. The monoisotopic (exact) mass is 836 g/mol. The molecule has 2 unspecified atom stereocenters. The zero-order valence-corrected chi connectivity index (χ0v) is 37.9. The van der Waals surface area contributed by atoms with E-state index in [1.807, 2.05) is 32.8 Å². The number of carbonyl (C=O) groups is 5. The molecule has 1 aromatic rings. The van der Waals surface area contributed by atoms with E-state index in [4.69, 9.17) is 33.2 Å². The van der Waals surface area contributed by atoms with Gasteiger partial charge in [-0.2, -0.15) is 0 Å². The first kappa shape index (κ1) is 53.1. The van der Waals surface area contributed by atoms with Gasteiger partial charge < -0.3 is 38.1 Å². The molecule has 0 heterocycles. The zero-order chi connectivity index (χ0) is 44.1. The molecule has 0 saturated carbocycles. The van der Waals surface area contributed by atoms with Gasteiger partial charge in [0.15, 0.2) is 11.5 Å². The van der Waals surface area contributed by atoms with Gasteiger partial charge in [0.1, 0.15) is 17.8 Å². The number of hydrogen-bond acceptors (Lipinski definition) is 13. The quantitative estimate of drug-likeness (QED) is 0.0280. The van der Waals surface area contributed by atoms with Gasteiger partial charge in [0.2, 0.25) is 5.75 Å². The molecule has 0 radical (unpaired) electrons. The maximum atomic E-state index is 13.4. The number of nitrogens with zero attached hydrogens (tertiary/aromatic N) is 1. The van der Waals surface area contributed by atoms with Gasteiger partial charge in [-0.05, 0) is 78.1 Å². The van der Waals surface area contributed by atoms with Crippen LogP contribution in [0.25, 0.3) is 0 Å². The fourth-order valence-corrected chi connectivity index (χ4v) is 6.74. The molecule has 13 nitrogen and oxygen atoms in total. The Labute approximate surface area is 354 Å². The second-order valence-electron chi connectivity index (χ2n) is 16.0. The number of carbonyl (C=O) groups excluding carboxylic acids is 5. The molecule has 2 atom stereocenters. The summed E-state index contributed by atoms with van der Waals surface area (Å²) in [5.74, 6) is -3.32. The zero-order valence-electron chi connectivity index (χ0n) is 37.9. The number of unbranched alkanes of at least 4 members (excludes halogenated alkanes) is 8. The van der Waals surface area contributed by atoms with E-state index in [0.717, 1.165) is 83.6 Å². The summed E-state index contributed by atoms with van der Waals surface area (Å²) in [7, 11) is 6.55. The van der Waals surface area contributed by atoms with Crippen molar-refractivity contribution in [2.24, 2.45) is 0 Å². The molecule has 0 aliphatic heterocycles. The standard InChI is InChI=1S/C46H77NO12/c1-10-14-16-18-20-25-36(23-12-3)56-42(50)33-46(5,34-43(51)57-37(24-13-4)26-21-19-17-15-11-2)59-41(49)28-27-40(48)58-44-38(53-8)31-35(32-39(44)54-9)45(52)55-30-22-29-47(6)7/h31-32,36-37H,10-30,33-34H2,1-9H3. The van der Waals surface area contributed by atoms with Crippen molar-refractivity contribution in [3.63, 3.8) is 0 Å². The largest absolute Gasteiger partial charge is 0.493 e. The molecular formula is C46H77NO12. The second kappa shape index (κ2) is 31.1. The van der Waals surface area contributed by atoms with Crippen molar-refractivity contribution in [2.45, 2.75) is 187 Å². The van der Waals surface area contributed by atoms with E-state index in [1.54, 1.807) is 0 Å². The third-order valence-corrected chi connectivity index (χ3v) is 9.90. The Morgan fingerprint density at radius 2 is 1.08 bits per heavy atom. The van der Waals surface area contributed by atoms with Crippen LogP contribution in [0.5, 0.6) is 17.2 Å². The van der Waals surface area contributed by atoms with E-state index < -0.39 is 48.3 Å². The van der Waals surface area contributed by atoms with E-state index in [1.165, 1.54) is 46.1 Å². The summed E-state index contributed by atoms with van der Waals surface area (Å²) in [6.45, 7) is 10.9. The van der Waals surface area contributed by atoms with Crippen molar-refractivity contribution in [1.82, 2.24) is 4.90 Å². The van der Waals surface area contributed by atoms with Crippen LogP contribution in [0.4, 0.5) is 0 Å².